The van der Waals surface area contributed by atoms with Crippen molar-refractivity contribution in [3.05, 3.63) is 100 Å². The lowest BCUT2D eigenvalue weighted by molar-refractivity contribution is 0.347. The summed E-state index contributed by atoms with van der Waals surface area (Å²) < 4.78 is 9.29. The number of benzene rings is 2. The van der Waals surface area contributed by atoms with Crippen LogP contribution < -0.4 is 15.6 Å². The van der Waals surface area contributed by atoms with Gasteiger partial charge in [-0.3, -0.25) is 4.79 Å². The molecular weight excluding hydrogens is 516 g/mol. The van der Waals surface area contributed by atoms with Crippen LogP contribution in [0.25, 0.3) is 28.2 Å². The normalized spacial score (nSPS) is 20.5. The van der Waals surface area contributed by atoms with Crippen LogP contribution in [0.2, 0.25) is 5.02 Å². The summed E-state index contributed by atoms with van der Waals surface area (Å²) >= 11 is 6.35. The molecule has 10 nitrogen and oxygen atoms in total. The summed E-state index contributed by atoms with van der Waals surface area (Å²) in [5.74, 6) is 2.17. The molecule has 3 aromatic heterocycles. The largest absolute Gasteiger partial charge is 0.485 e. The van der Waals surface area contributed by atoms with Crippen molar-refractivity contribution in [1.29, 1.82) is 0 Å². The first-order valence-electron chi connectivity index (χ1n) is 12.6. The summed E-state index contributed by atoms with van der Waals surface area (Å²) in [5.41, 5.74) is 6.86. The zero-order chi connectivity index (χ0) is 26.2. The van der Waals surface area contributed by atoms with E-state index in [0.29, 0.717) is 23.5 Å². The molecule has 3 atom stereocenters. The van der Waals surface area contributed by atoms with Gasteiger partial charge in [0.25, 0.3) is 5.56 Å². The van der Waals surface area contributed by atoms with E-state index in [-0.39, 0.29) is 11.6 Å². The van der Waals surface area contributed by atoms with E-state index in [1.54, 1.807) is 16.8 Å². The molecule has 1 saturated carbocycles. The topological polar surface area (TPSA) is 116 Å². The minimum absolute atomic E-state index is 0.0630. The number of nitrogens with zero attached hydrogens (tertiary/aromatic N) is 6. The minimum Gasteiger partial charge on any atom is -0.485 e. The van der Waals surface area contributed by atoms with Crippen molar-refractivity contribution in [2.24, 2.45) is 5.92 Å². The third-order valence-corrected chi connectivity index (χ3v) is 7.98. The monoisotopic (exact) mass is 536 g/mol. The van der Waals surface area contributed by atoms with Crippen LogP contribution in [-0.2, 0) is 0 Å². The summed E-state index contributed by atoms with van der Waals surface area (Å²) in [6.07, 6.45) is 4.40. The predicted octanol–water partition coefficient (Wildman–Crippen LogP) is 4.56. The maximum Gasteiger partial charge on any atom is 0.251 e. The third-order valence-electron chi connectivity index (χ3n) is 7.75. The smallest absolute Gasteiger partial charge is 0.251 e. The Morgan fingerprint density at radius 3 is 2.90 bits per heavy atom. The Balaban J connectivity index is 1.17. The lowest BCUT2D eigenvalue weighted by Gasteiger charge is -2.21. The van der Waals surface area contributed by atoms with E-state index in [0.717, 1.165) is 63.1 Å². The molecule has 8 rings (SSSR count). The third kappa shape index (κ3) is 3.52. The maximum absolute atomic E-state index is 13.6. The van der Waals surface area contributed by atoms with Gasteiger partial charge in [-0.15, -0.1) is 5.10 Å². The van der Waals surface area contributed by atoms with Crippen molar-refractivity contribution < 1.29 is 4.74 Å². The average Bonchev–Trinajstić information content (AvgIpc) is 3.28. The molecule has 11 heteroatoms. The van der Waals surface area contributed by atoms with Crippen LogP contribution in [0, 0.1) is 5.92 Å². The first-order chi connectivity index (χ1) is 19.0. The number of aromatic nitrogens is 7. The minimum atomic E-state index is -0.0926. The van der Waals surface area contributed by atoms with E-state index in [2.05, 4.69) is 43.5 Å². The first-order valence-corrected chi connectivity index (χ1v) is 13.0. The van der Waals surface area contributed by atoms with Crippen molar-refractivity contribution in [2.45, 2.75) is 18.4 Å². The number of H-pyrrole nitrogens is 1. The van der Waals surface area contributed by atoms with E-state index in [9.17, 15) is 4.79 Å². The van der Waals surface area contributed by atoms with Gasteiger partial charge in [-0.05, 0) is 70.8 Å². The fraction of sp³-hybridized carbons (Fsp3) is 0.179. The number of rotatable bonds is 4. The molecule has 0 saturated heterocycles. The zero-order valence-electron chi connectivity index (χ0n) is 20.5. The summed E-state index contributed by atoms with van der Waals surface area (Å²) in [6.45, 7) is 4.35. The number of tetrazole rings is 1. The molecular formula is C28H21ClN8O2. The number of fused-ring (bicyclic) bond motifs is 4. The number of nitrogens with one attached hydrogen (secondary N) is 2. The quantitative estimate of drug-likeness (QED) is 0.346. The molecule has 0 amide bonds. The Morgan fingerprint density at radius 2 is 2.03 bits per heavy atom. The predicted molar refractivity (Wildman–Crippen MR) is 145 cm³/mol. The standard InChI is InChI=1S/C28H21ClN8O2/c1-14-12-39-25-7-15(2-4-21(25)32-14)28-30-11-22(33-28)27-20-10-19(20)24-6-16(8-26(38)37(24)27)18-9-17(29)3-5-23(18)36-13-31-34-35-36/h2-9,11,13,19-20,27,32H,1,10,12H2,(H,30,33). The molecule has 0 spiro atoms. The van der Waals surface area contributed by atoms with E-state index in [1.165, 1.54) is 6.33 Å². The van der Waals surface area contributed by atoms with Crippen molar-refractivity contribution in [2.75, 3.05) is 11.9 Å². The number of anilines is 1. The first kappa shape index (κ1) is 22.3. The highest BCUT2D eigenvalue weighted by Gasteiger charge is 2.53. The lowest BCUT2D eigenvalue weighted by atomic mass is 10.0. The molecule has 0 radical (unpaired) electrons. The van der Waals surface area contributed by atoms with E-state index >= 15 is 0 Å². The molecule has 3 unspecified atom stereocenters. The van der Waals surface area contributed by atoms with Gasteiger partial charge in [0.15, 0.2) is 0 Å². The highest BCUT2D eigenvalue weighted by Crippen LogP contribution is 2.60. The molecule has 2 N–H and O–H groups in total. The van der Waals surface area contributed by atoms with E-state index in [4.69, 9.17) is 16.3 Å². The fourth-order valence-electron chi connectivity index (χ4n) is 5.93. The molecule has 39 heavy (non-hydrogen) atoms. The Morgan fingerprint density at radius 1 is 1.10 bits per heavy atom. The lowest BCUT2D eigenvalue weighted by Crippen LogP contribution is -2.26. The second kappa shape index (κ2) is 8.15. The van der Waals surface area contributed by atoms with Crippen LogP contribution >= 0.6 is 11.6 Å². The molecule has 5 aromatic rings. The van der Waals surface area contributed by atoms with Crippen molar-refractivity contribution in [1.82, 2.24) is 34.7 Å². The van der Waals surface area contributed by atoms with Crippen LogP contribution in [0.3, 0.4) is 0 Å². The number of halogens is 1. The number of imidazole rings is 1. The van der Waals surface area contributed by atoms with Gasteiger partial charge >= 0.3 is 0 Å². The summed E-state index contributed by atoms with van der Waals surface area (Å²) in [7, 11) is 0. The van der Waals surface area contributed by atoms with Crippen molar-refractivity contribution in [3.8, 4) is 34.0 Å². The number of hydrogen-bond acceptors (Lipinski definition) is 7. The number of ether oxygens (including phenoxy) is 1. The highest BCUT2D eigenvalue weighted by atomic mass is 35.5. The van der Waals surface area contributed by atoms with Crippen molar-refractivity contribution in [3.63, 3.8) is 0 Å². The molecule has 192 valence electrons. The SMILES string of the molecule is C=C1COc2cc(-c3ncc(C4C5CC5c5cc(-c6cc(Cl)ccc6-n6cnnn6)cc(=O)n54)[nH]3)ccc2N1. The highest BCUT2D eigenvalue weighted by molar-refractivity contribution is 6.31. The molecule has 2 aromatic carbocycles. The summed E-state index contributed by atoms with van der Waals surface area (Å²) in [6, 6.07) is 15.1. The van der Waals surface area contributed by atoms with Gasteiger partial charge in [0, 0.05) is 39.5 Å². The maximum atomic E-state index is 13.6. The van der Waals surface area contributed by atoms with Crippen LogP contribution in [0.4, 0.5) is 5.69 Å². The van der Waals surface area contributed by atoms with Gasteiger partial charge in [0.05, 0.1) is 29.3 Å². The van der Waals surface area contributed by atoms with E-state index in [1.807, 2.05) is 41.1 Å². The second-order valence-corrected chi connectivity index (χ2v) is 10.6. The fourth-order valence-corrected chi connectivity index (χ4v) is 6.10. The summed E-state index contributed by atoms with van der Waals surface area (Å²) in [4.78, 5) is 21.8. The molecule has 0 bridgehead atoms. The Kier molecular flexibility index (Phi) is 4.66. The van der Waals surface area contributed by atoms with Crippen LogP contribution in [-0.4, -0.2) is 41.3 Å². The Labute approximate surface area is 226 Å². The van der Waals surface area contributed by atoms with Gasteiger partial charge < -0.3 is 19.6 Å². The van der Waals surface area contributed by atoms with E-state index < -0.39 is 0 Å². The molecule has 1 aliphatic carbocycles. The van der Waals surface area contributed by atoms with Crippen LogP contribution in [0.5, 0.6) is 5.75 Å². The molecule has 2 aliphatic heterocycles. The number of hydrogen-bond donors (Lipinski definition) is 2. The molecule has 3 aliphatic rings. The van der Waals surface area contributed by atoms with Crippen LogP contribution in [0.15, 0.2) is 78.1 Å². The average molecular weight is 537 g/mol. The van der Waals surface area contributed by atoms with Gasteiger partial charge in [0.2, 0.25) is 0 Å². The molecule has 5 heterocycles. The van der Waals surface area contributed by atoms with Crippen molar-refractivity contribution >= 4 is 17.3 Å². The number of aromatic amines is 1. The van der Waals surface area contributed by atoms with Gasteiger partial charge in [-0.25, -0.2) is 4.98 Å². The molecule has 1 fully saturated rings. The van der Waals surface area contributed by atoms with Crippen LogP contribution in [0.1, 0.15) is 29.8 Å². The zero-order valence-corrected chi connectivity index (χ0v) is 21.3. The van der Waals surface area contributed by atoms with Gasteiger partial charge in [0.1, 0.15) is 24.5 Å². The number of pyridine rings is 1. The summed E-state index contributed by atoms with van der Waals surface area (Å²) in [5, 5.41) is 15.3. The Hall–Kier alpha value is -4.70. The Bertz CT molecular complexity index is 1860. The van der Waals surface area contributed by atoms with Gasteiger partial charge in [-0.2, -0.15) is 4.68 Å². The van der Waals surface area contributed by atoms with Gasteiger partial charge in [-0.1, -0.05) is 18.2 Å². The second-order valence-electron chi connectivity index (χ2n) is 10.2.